The number of carbonyl (C=O) groups excluding carboxylic acids is 8. The molecule has 8 atom stereocenters. The number of rotatable bonds is 28. The van der Waals surface area contributed by atoms with Gasteiger partial charge in [-0.2, -0.15) is 0 Å². The number of fused-ring (bicyclic) bond motifs is 1. The summed E-state index contributed by atoms with van der Waals surface area (Å²) in [6.07, 6.45) is -1.54. The van der Waals surface area contributed by atoms with Crippen molar-refractivity contribution in [2.75, 3.05) is 13.1 Å². The predicted molar refractivity (Wildman–Crippen MR) is 260 cm³/mol. The Bertz CT molecular complexity index is 2520. The number of benzene rings is 2. The molecule has 15 N–H and O–H groups in total. The predicted octanol–water partition coefficient (Wildman–Crippen LogP) is -0.995. The first kappa shape index (κ1) is 58.4. The molecule has 26 nitrogen and oxygen atoms in total. The van der Waals surface area contributed by atoms with Crippen molar-refractivity contribution >= 4 is 76.3 Å². The van der Waals surface area contributed by atoms with Crippen molar-refractivity contribution in [3.8, 4) is 5.75 Å². The number of esters is 1. The summed E-state index contributed by atoms with van der Waals surface area (Å²) in [7, 11) is 0. The number of aromatic nitrogens is 1. The highest BCUT2D eigenvalue weighted by molar-refractivity contribution is 5.98. The average Bonchev–Trinajstić information content (AvgIpc) is 4.01. The number of aromatic hydroxyl groups is 1. The number of carbonyl (C=O) groups is 11. The minimum absolute atomic E-state index is 0.0595. The quantitative estimate of drug-likeness (QED) is 0.0236. The van der Waals surface area contributed by atoms with Crippen molar-refractivity contribution in [3.63, 3.8) is 0 Å². The number of unbranched alkanes of at least 4 members (excludes halogenated alkanes) is 1. The molecule has 2 heterocycles. The van der Waals surface area contributed by atoms with Gasteiger partial charge in [-0.1, -0.05) is 30.3 Å². The maximum absolute atomic E-state index is 14.6. The van der Waals surface area contributed by atoms with Crippen LogP contribution in [0.3, 0.4) is 0 Å². The monoisotopic (exact) mass is 1040 g/mol. The number of phenols is 1. The van der Waals surface area contributed by atoms with Crippen LogP contribution >= 0.6 is 0 Å². The van der Waals surface area contributed by atoms with Gasteiger partial charge in [-0.25, -0.2) is 9.59 Å². The van der Waals surface area contributed by atoms with Gasteiger partial charge in [0.05, 0.1) is 6.04 Å². The van der Waals surface area contributed by atoms with Crippen LogP contribution < -0.4 is 43.4 Å². The van der Waals surface area contributed by atoms with Crippen molar-refractivity contribution in [2.45, 2.75) is 133 Å². The van der Waals surface area contributed by atoms with E-state index in [0.717, 1.165) is 0 Å². The van der Waals surface area contributed by atoms with Gasteiger partial charge >= 0.3 is 24.1 Å². The molecule has 7 amide bonds. The number of hydrogen-bond donors (Lipinski definition) is 13. The summed E-state index contributed by atoms with van der Waals surface area (Å²) in [6.45, 7) is 2.99. The third-order valence-electron chi connectivity index (χ3n) is 12.0. The summed E-state index contributed by atoms with van der Waals surface area (Å²) in [5.41, 5.74) is 13.0. The molecule has 1 aromatic heterocycles. The number of nitrogens with zero attached hydrogens (tertiary/aromatic N) is 1. The molecule has 4 rings (SSSR count). The number of phenolic OH excluding ortho intramolecular Hbond substituents is 1. The van der Waals surface area contributed by atoms with Crippen LogP contribution in [0.15, 0.2) is 54.7 Å². The zero-order valence-electron chi connectivity index (χ0n) is 40.8. The van der Waals surface area contributed by atoms with Crippen molar-refractivity contribution in [1.82, 2.24) is 41.8 Å². The standard InChI is InChI=1S/C48H64N10O16/c1-25(50)40(63)53-32(16-18-38(60)61)42(65)52-26(2)41(64)54-33(10-5-6-20-49)46(69)58-21-7-11-37(58)45(68)57-36(23-28-24-51-31-9-4-3-8-30(28)31)44(67)56-35(22-27-12-14-29(59)15-13-27)43(66)55-34(47(70)71)17-19-39(62)74-48(72)73/h3-4,8-9,12-15,24-26,32-37,51,59H,5-7,10-11,16-23,49-50H2,1-2H3,(H,52,65)(H,53,63)(H,54,64)(H,55,66)(H,56,67)(H,57,68)(H,60,61)(H,70,71)(H,72,73)/t25-,26-,32-,33-,34-,35-,36-,37-/m0/s1. The molecular formula is C48H64N10O16. The molecule has 1 aliphatic heterocycles. The third-order valence-corrected chi connectivity index (χ3v) is 12.0. The fraction of sp³-hybridized carbons (Fsp3) is 0.479. The number of likely N-dealkylation sites (tertiary alicyclic amines) is 1. The van der Waals surface area contributed by atoms with E-state index in [1.807, 2.05) is 0 Å². The lowest BCUT2D eigenvalue weighted by Crippen LogP contribution is -2.60. The molecule has 2 aromatic carbocycles. The highest BCUT2D eigenvalue weighted by Crippen LogP contribution is 2.23. The summed E-state index contributed by atoms with van der Waals surface area (Å²) in [6, 6.07) is 1.71. The van der Waals surface area contributed by atoms with Crippen LogP contribution in [-0.4, -0.2) is 157 Å². The summed E-state index contributed by atoms with van der Waals surface area (Å²) >= 11 is 0. The normalized spacial score (nSPS) is 15.9. The van der Waals surface area contributed by atoms with Crippen LogP contribution in [-0.2, 0) is 65.5 Å². The maximum Gasteiger partial charge on any atom is 0.513 e. The summed E-state index contributed by atoms with van der Waals surface area (Å²) < 4.78 is 4.03. The Morgan fingerprint density at radius 2 is 1.31 bits per heavy atom. The zero-order valence-corrected chi connectivity index (χ0v) is 40.8. The smallest absolute Gasteiger partial charge is 0.508 e. The van der Waals surface area contributed by atoms with E-state index in [-0.39, 0.29) is 50.9 Å². The molecule has 402 valence electrons. The minimum Gasteiger partial charge on any atom is -0.508 e. The van der Waals surface area contributed by atoms with E-state index >= 15 is 0 Å². The molecule has 26 heteroatoms. The van der Waals surface area contributed by atoms with Crippen LogP contribution in [0.4, 0.5) is 4.79 Å². The molecule has 1 aliphatic rings. The van der Waals surface area contributed by atoms with Gasteiger partial charge in [-0.05, 0) is 94.7 Å². The van der Waals surface area contributed by atoms with E-state index in [1.165, 1.54) is 43.0 Å². The van der Waals surface area contributed by atoms with Gasteiger partial charge in [0.2, 0.25) is 41.4 Å². The van der Waals surface area contributed by atoms with Gasteiger partial charge in [0.25, 0.3) is 0 Å². The molecule has 0 aliphatic carbocycles. The van der Waals surface area contributed by atoms with E-state index in [0.29, 0.717) is 41.3 Å². The van der Waals surface area contributed by atoms with Gasteiger partial charge in [0.15, 0.2) is 0 Å². The number of ether oxygens (including phenoxy) is 1. The fourth-order valence-corrected chi connectivity index (χ4v) is 8.06. The lowest BCUT2D eigenvalue weighted by molar-refractivity contribution is -0.144. The van der Waals surface area contributed by atoms with Gasteiger partial charge in [-0.15, -0.1) is 0 Å². The summed E-state index contributed by atoms with van der Waals surface area (Å²) in [4.78, 5) is 147. The van der Waals surface area contributed by atoms with Crippen LogP contribution in [0.5, 0.6) is 5.75 Å². The Morgan fingerprint density at radius 3 is 1.95 bits per heavy atom. The van der Waals surface area contributed by atoms with E-state index < -0.39 is 133 Å². The highest BCUT2D eigenvalue weighted by Gasteiger charge is 2.40. The SMILES string of the molecule is C[C@H](N)C(=O)N[C@@H](CCC(=O)O)C(=O)N[C@@H](C)C(=O)N[C@@H](CCCCN)C(=O)N1CCC[C@H]1C(=O)N[C@@H](Cc1c[nH]c2ccccc12)C(=O)N[C@@H](Cc1ccc(O)cc1)C(=O)N[C@@H](CCC(=O)OC(=O)O)C(=O)O. The molecule has 0 saturated carbocycles. The van der Waals surface area contributed by atoms with Crippen LogP contribution in [0.25, 0.3) is 10.9 Å². The number of hydrogen-bond acceptors (Lipinski definition) is 15. The second kappa shape index (κ2) is 28.2. The Labute approximate surface area is 424 Å². The Kier molecular flexibility index (Phi) is 22.3. The third kappa shape index (κ3) is 17.9. The van der Waals surface area contributed by atoms with Gasteiger partial charge in [-0.3, -0.25) is 43.2 Å². The molecule has 1 saturated heterocycles. The zero-order chi connectivity index (χ0) is 54.6. The van der Waals surface area contributed by atoms with Crippen LogP contribution in [0.2, 0.25) is 0 Å². The number of para-hydroxylation sites is 1. The van der Waals surface area contributed by atoms with E-state index in [4.69, 9.17) is 16.6 Å². The molecular weight excluding hydrogens is 973 g/mol. The Balaban J connectivity index is 1.60. The Morgan fingerprint density at radius 1 is 0.703 bits per heavy atom. The molecule has 0 radical (unpaired) electrons. The van der Waals surface area contributed by atoms with Crippen molar-refractivity contribution in [3.05, 3.63) is 65.9 Å². The number of nitrogens with one attached hydrogen (secondary N) is 7. The highest BCUT2D eigenvalue weighted by atomic mass is 16.7. The van der Waals surface area contributed by atoms with Crippen molar-refractivity contribution in [2.24, 2.45) is 11.5 Å². The molecule has 3 aromatic rings. The van der Waals surface area contributed by atoms with Gasteiger partial charge < -0.3 is 78.4 Å². The van der Waals surface area contributed by atoms with Crippen LogP contribution in [0, 0.1) is 0 Å². The topological polar surface area (TPSA) is 421 Å². The molecule has 0 spiro atoms. The summed E-state index contributed by atoms with van der Waals surface area (Å²) in [5.74, 6) is -10.1. The van der Waals surface area contributed by atoms with E-state index in [9.17, 15) is 68.1 Å². The second-order valence-electron chi connectivity index (χ2n) is 17.8. The molecule has 0 bridgehead atoms. The number of carboxylic acid groups (broad SMARTS) is 3. The second-order valence-corrected chi connectivity index (χ2v) is 17.8. The average molecular weight is 1040 g/mol. The molecule has 0 unspecified atom stereocenters. The van der Waals surface area contributed by atoms with E-state index in [2.05, 4.69) is 41.6 Å². The fourth-order valence-electron chi connectivity index (χ4n) is 8.06. The van der Waals surface area contributed by atoms with Crippen molar-refractivity contribution in [1.29, 1.82) is 0 Å². The van der Waals surface area contributed by atoms with Crippen LogP contribution in [0.1, 0.15) is 82.8 Å². The van der Waals surface area contributed by atoms with Crippen molar-refractivity contribution < 1.29 is 77.9 Å². The lowest BCUT2D eigenvalue weighted by atomic mass is 10.0. The first-order chi connectivity index (χ1) is 35.1. The lowest BCUT2D eigenvalue weighted by Gasteiger charge is -2.31. The molecule has 1 fully saturated rings. The van der Waals surface area contributed by atoms with Gasteiger partial charge in [0.1, 0.15) is 48.0 Å². The minimum atomic E-state index is -1.92. The van der Waals surface area contributed by atoms with E-state index in [1.54, 1.807) is 30.5 Å². The Hall–Kier alpha value is -8.13. The van der Waals surface area contributed by atoms with Gasteiger partial charge in [0, 0.05) is 49.3 Å². The number of aliphatic carboxylic acids is 2. The first-order valence-corrected chi connectivity index (χ1v) is 23.9. The maximum atomic E-state index is 14.6. The number of aromatic amines is 1. The summed E-state index contributed by atoms with van der Waals surface area (Å²) in [5, 5.41) is 53.5. The number of H-pyrrole nitrogens is 1. The first-order valence-electron chi connectivity index (χ1n) is 23.9. The number of amides is 7. The number of carboxylic acids is 2. The molecule has 74 heavy (non-hydrogen) atoms. The largest absolute Gasteiger partial charge is 0.513 e. The number of nitrogens with two attached hydrogens (primary N) is 2.